The summed E-state index contributed by atoms with van der Waals surface area (Å²) >= 11 is 7.79. The van der Waals surface area contributed by atoms with Gasteiger partial charge in [0.25, 0.3) is 0 Å². The van der Waals surface area contributed by atoms with Gasteiger partial charge in [0.15, 0.2) is 0 Å². The van der Waals surface area contributed by atoms with Crippen LogP contribution in [0.25, 0.3) is 32.3 Å². The van der Waals surface area contributed by atoms with Crippen LogP contribution in [0.2, 0.25) is 5.15 Å². The number of anilines is 2. The van der Waals surface area contributed by atoms with E-state index in [-0.39, 0.29) is 35.2 Å². The van der Waals surface area contributed by atoms with Crippen molar-refractivity contribution in [1.29, 1.82) is 0 Å². The van der Waals surface area contributed by atoms with Gasteiger partial charge in [0.1, 0.15) is 60.3 Å². The summed E-state index contributed by atoms with van der Waals surface area (Å²) in [5.41, 5.74) is 7.26. The third kappa shape index (κ3) is 10.2. The van der Waals surface area contributed by atoms with Gasteiger partial charge in [0, 0.05) is 54.9 Å². The van der Waals surface area contributed by atoms with Crippen molar-refractivity contribution in [3.63, 3.8) is 0 Å². The first kappa shape index (κ1) is 43.2. The maximum Gasteiger partial charge on any atom is 0.223 e. The number of methoxy groups -OCH3 is 1. The molecule has 2 aliphatic rings. The van der Waals surface area contributed by atoms with Crippen molar-refractivity contribution in [2.24, 2.45) is 11.8 Å². The molecule has 0 saturated carbocycles. The molecule has 2 atom stereocenters. The average molecular weight is 900 g/mol. The van der Waals surface area contributed by atoms with Crippen molar-refractivity contribution in [3.8, 4) is 5.75 Å². The molecule has 5 heterocycles. The Bertz CT molecular complexity index is 2800. The fourth-order valence-electron chi connectivity index (χ4n) is 7.83. The molecule has 0 bridgehead atoms. The standard InChI is InChI=1S/C24H28N6O4S2.C15H19ClN4O3S/c1-13-28-18-10-19(34-2)17(11-20(18)35-13)30-23-21-15-9-14(24(31)25-7-4-8-36(3,32)33)5-6-16(15)29-22(21)26-12-27-23;1-24(22,23)6-2-5-17-15(21)9-3-4-11-10(7-9)12-13(16)18-8-19-14(12)20-11/h10-12,14H,4-9H2,1-3H3,(H,25,31)(H2,26,27,29,30);8-9H,2-7H2,1H3,(H,17,21)(H,18,19,20). The summed E-state index contributed by atoms with van der Waals surface area (Å²) in [6, 6.07) is 3.93. The number of nitrogens with one attached hydrogen (secondary N) is 5. The van der Waals surface area contributed by atoms with Crippen LogP contribution in [0, 0.1) is 18.8 Å². The van der Waals surface area contributed by atoms with Gasteiger partial charge < -0.3 is 30.7 Å². The Morgan fingerprint density at radius 3 is 1.95 bits per heavy atom. The molecule has 8 rings (SSSR count). The molecule has 0 fully saturated rings. The number of aryl methyl sites for hydroxylation is 3. The minimum atomic E-state index is -3.04. The number of aromatic amines is 2. The van der Waals surface area contributed by atoms with Crippen molar-refractivity contribution in [1.82, 2.24) is 45.5 Å². The molecular weight excluding hydrogens is 852 g/mol. The van der Waals surface area contributed by atoms with E-state index < -0.39 is 19.7 Å². The van der Waals surface area contributed by atoms with Gasteiger partial charge in [-0.15, -0.1) is 11.3 Å². The van der Waals surface area contributed by atoms with Gasteiger partial charge in [-0.3, -0.25) is 9.59 Å². The van der Waals surface area contributed by atoms with Crippen molar-refractivity contribution in [3.05, 3.63) is 57.5 Å². The molecule has 2 aliphatic carbocycles. The maximum atomic E-state index is 12.8. The number of carbonyl (C=O) groups is 2. The number of sulfone groups is 2. The van der Waals surface area contributed by atoms with E-state index in [4.69, 9.17) is 16.3 Å². The lowest BCUT2D eigenvalue weighted by molar-refractivity contribution is -0.126. The van der Waals surface area contributed by atoms with Gasteiger partial charge in [-0.05, 0) is 75.5 Å². The Morgan fingerprint density at radius 2 is 1.38 bits per heavy atom. The van der Waals surface area contributed by atoms with E-state index in [1.807, 2.05) is 19.1 Å². The molecule has 2 amide bonds. The highest BCUT2D eigenvalue weighted by Gasteiger charge is 2.30. The van der Waals surface area contributed by atoms with E-state index in [1.165, 1.54) is 25.2 Å². The number of thiazole rings is 1. The first-order valence-corrected chi connectivity index (χ1v) is 24.9. The third-order valence-corrected chi connectivity index (χ3v) is 14.0. The molecule has 17 nitrogen and oxygen atoms in total. The lowest BCUT2D eigenvalue weighted by atomic mass is 9.86. The minimum Gasteiger partial charge on any atom is -0.494 e. The van der Waals surface area contributed by atoms with Gasteiger partial charge in [-0.25, -0.2) is 41.8 Å². The van der Waals surface area contributed by atoms with Crippen LogP contribution >= 0.6 is 22.9 Å². The molecule has 0 spiro atoms. The van der Waals surface area contributed by atoms with E-state index >= 15 is 0 Å². The zero-order valence-electron chi connectivity index (χ0n) is 33.6. The van der Waals surface area contributed by atoms with Gasteiger partial charge in [0.2, 0.25) is 11.8 Å². The van der Waals surface area contributed by atoms with E-state index in [2.05, 4.69) is 50.8 Å². The van der Waals surface area contributed by atoms with E-state index in [1.54, 1.807) is 18.4 Å². The summed E-state index contributed by atoms with van der Waals surface area (Å²) in [5.74, 6) is 1.00. The fourth-order valence-corrected chi connectivity index (χ4v) is 10.3. The number of nitrogens with zero attached hydrogens (tertiary/aromatic N) is 5. The SMILES string of the molecule is COc1cc2nc(C)sc2cc1Nc1ncnc2[nH]c3c(c12)CC(C(=O)NCCCS(C)(=O)=O)CC3.CS(=O)(=O)CCCNC(=O)C1CCc2[nH]c3ncnc(Cl)c3c2C1. The Kier molecular flexibility index (Phi) is 12.9. The van der Waals surface area contributed by atoms with Crippen LogP contribution in [-0.4, -0.2) is 108 Å². The summed E-state index contributed by atoms with van der Waals surface area (Å²) in [4.78, 5) is 53.6. The van der Waals surface area contributed by atoms with Crippen LogP contribution in [0.1, 0.15) is 53.2 Å². The molecule has 320 valence electrons. The molecule has 0 radical (unpaired) electrons. The number of hydrogen-bond donors (Lipinski definition) is 5. The van der Waals surface area contributed by atoms with Crippen LogP contribution in [0.4, 0.5) is 11.5 Å². The molecule has 0 aliphatic heterocycles. The first-order chi connectivity index (χ1) is 28.6. The highest BCUT2D eigenvalue weighted by atomic mass is 35.5. The van der Waals surface area contributed by atoms with Crippen LogP contribution in [0.15, 0.2) is 24.8 Å². The Balaban J connectivity index is 0.000000197. The summed E-state index contributed by atoms with van der Waals surface area (Å²) in [7, 11) is -4.41. The maximum absolute atomic E-state index is 12.8. The van der Waals surface area contributed by atoms with Gasteiger partial charge in [-0.2, -0.15) is 0 Å². The molecular formula is C39H47ClN10O7S3. The highest BCUT2D eigenvalue weighted by Crippen LogP contribution is 2.39. The minimum absolute atomic E-state index is 0.0449. The number of halogens is 1. The van der Waals surface area contributed by atoms with Crippen molar-refractivity contribution in [2.45, 2.75) is 58.3 Å². The van der Waals surface area contributed by atoms with Crippen molar-refractivity contribution in [2.75, 3.05) is 49.5 Å². The number of fused-ring (bicyclic) bond motifs is 7. The molecule has 21 heteroatoms. The molecule has 2 unspecified atom stereocenters. The predicted octanol–water partition coefficient (Wildman–Crippen LogP) is 4.55. The topological polar surface area (TPSA) is 244 Å². The molecule has 5 aromatic heterocycles. The highest BCUT2D eigenvalue weighted by molar-refractivity contribution is 7.90. The van der Waals surface area contributed by atoms with Gasteiger partial charge in [-0.1, -0.05) is 11.6 Å². The second-order valence-electron chi connectivity index (χ2n) is 15.3. The van der Waals surface area contributed by atoms with E-state index in [0.29, 0.717) is 67.6 Å². The Morgan fingerprint density at radius 1 is 0.833 bits per heavy atom. The number of benzene rings is 1. The normalized spacial score (nSPS) is 16.5. The van der Waals surface area contributed by atoms with Crippen LogP contribution in [0.5, 0.6) is 5.75 Å². The van der Waals surface area contributed by atoms with E-state index in [0.717, 1.165) is 79.1 Å². The molecule has 1 aromatic carbocycles. The second kappa shape index (κ2) is 18.0. The summed E-state index contributed by atoms with van der Waals surface area (Å²) in [5, 5.41) is 12.2. The van der Waals surface area contributed by atoms with Crippen molar-refractivity contribution >= 4 is 98.2 Å². The smallest absolute Gasteiger partial charge is 0.223 e. The Labute approximate surface area is 356 Å². The van der Waals surface area contributed by atoms with Gasteiger partial charge >= 0.3 is 0 Å². The predicted molar refractivity (Wildman–Crippen MR) is 233 cm³/mol. The van der Waals surface area contributed by atoms with Gasteiger partial charge in [0.05, 0.1) is 50.3 Å². The quantitative estimate of drug-likeness (QED) is 0.0790. The molecule has 0 saturated heterocycles. The summed E-state index contributed by atoms with van der Waals surface area (Å²) in [6.45, 7) is 2.69. The molecule has 6 aromatic rings. The van der Waals surface area contributed by atoms with E-state index in [9.17, 15) is 26.4 Å². The number of carbonyl (C=O) groups excluding carboxylic acids is 2. The monoisotopic (exact) mass is 898 g/mol. The zero-order valence-corrected chi connectivity index (χ0v) is 36.9. The van der Waals surface area contributed by atoms with Crippen LogP contribution < -0.4 is 20.7 Å². The van der Waals surface area contributed by atoms with Crippen LogP contribution in [-0.2, 0) is 54.9 Å². The lowest BCUT2D eigenvalue weighted by Crippen LogP contribution is -2.35. The number of H-pyrrole nitrogens is 2. The number of ether oxygens (including phenoxy) is 1. The molecule has 60 heavy (non-hydrogen) atoms. The largest absolute Gasteiger partial charge is 0.494 e. The third-order valence-electron chi connectivity index (χ3n) is 10.7. The summed E-state index contributed by atoms with van der Waals surface area (Å²) in [6.07, 6.45) is 10.2. The zero-order chi connectivity index (χ0) is 42.8. The number of amides is 2. The average Bonchev–Trinajstić information content (AvgIpc) is 3.89. The number of hydrogen-bond acceptors (Lipinski definition) is 14. The lowest BCUT2D eigenvalue weighted by Gasteiger charge is -2.22. The molecule has 5 N–H and O–H groups in total. The number of rotatable bonds is 13. The summed E-state index contributed by atoms with van der Waals surface area (Å²) < 4.78 is 51.5. The fraction of sp³-hybridized carbons (Fsp3) is 0.462. The number of aromatic nitrogens is 7. The second-order valence-corrected chi connectivity index (χ2v) is 21.4. The first-order valence-electron chi connectivity index (χ1n) is 19.5. The Hall–Kier alpha value is -4.92. The van der Waals surface area contributed by atoms with Crippen molar-refractivity contribution < 1.29 is 31.2 Å². The van der Waals surface area contributed by atoms with Crippen LogP contribution in [0.3, 0.4) is 0 Å².